The van der Waals surface area contributed by atoms with Crippen LogP contribution in [0.4, 0.5) is 15.0 Å². The van der Waals surface area contributed by atoms with Crippen LogP contribution in [0.15, 0.2) is 48.5 Å². The number of amides is 2. The molecule has 4 heterocycles. The first-order valence-electron chi connectivity index (χ1n) is 17.1. The Balaban J connectivity index is 1.03. The topological polar surface area (TPSA) is 104 Å². The molecule has 1 spiro atoms. The van der Waals surface area contributed by atoms with Gasteiger partial charge in [0.2, 0.25) is 5.28 Å². The van der Waals surface area contributed by atoms with Gasteiger partial charge in [0.1, 0.15) is 18.2 Å². The Hall–Kier alpha value is -4.03. The number of anilines is 1. The van der Waals surface area contributed by atoms with Crippen LogP contribution in [0.25, 0.3) is 0 Å². The lowest BCUT2D eigenvalue weighted by atomic mass is 9.71. The lowest BCUT2D eigenvalue weighted by Gasteiger charge is -2.54. The van der Waals surface area contributed by atoms with Crippen molar-refractivity contribution < 1.29 is 23.5 Å². The largest absolute Gasteiger partial charge is 0.445 e. The highest BCUT2D eigenvalue weighted by Gasteiger charge is 2.46. The molecule has 0 saturated carbocycles. The third-order valence-electron chi connectivity index (χ3n) is 9.85. The van der Waals surface area contributed by atoms with Crippen molar-refractivity contribution in [2.24, 2.45) is 11.3 Å². The minimum atomic E-state index is -0.536. The number of piperidine rings is 1. The molecular weight excluding hydrogens is 649 g/mol. The van der Waals surface area contributed by atoms with Crippen LogP contribution in [0.5, 0.6) is 11.6 Å². The number of carbonyl (C=O) groups excluding carboxylic acids is 2. The molecule has 0 bridgehead atoms. The second-order valence-electron chi connectivity index (χ2n) is 14.1. The van der Waals surface area contributed by atoms with Crippen LogP contribution in [-0.4, -0.2) is 99.8 Å². The van der Waals surface area contributed by atoms with Crippen LogP contribution in [-0.2, 0) is 11.3 Å². The summed E-state index contributed by atoms with van der Waals surface area (Å²) in [5.74, 6) is 0.267. The number of hydrogen-bond donors (Lipinski definition) is 0. The molecule has 3 aromatic rings. The van der Waals surface area contributed by atoms with Gasteiger partial charge in [-0.3, -0.25) is 4.79 Å². The van der Waals surface area contributed by atoms with Gasteiger partial charge in [0.15, 0.2) is 5.82 Å². The summed E-state index contributed by atoms with van der Waals surface area (Å²) in [4.78, 5) is 38.8. The molecule has 11 nitrogen and oxygen atoms in total. The highest BCUT2D eigenvalue weighted by molar-refractivity contribution is 6.28. The normalized spacial score (nSPS) is 19.0. The average Bonchev–Trinajstić information content (AvgIpc) is 3.53. The fourth-order valence-electron chi connectivity index (χ4n) is 7.49. The second kappa shape index (κ2) is 14.8. The number of likely N-dealkylation sites (tertiary alicyclic amines) is 2. The summed E-state index contributed by atoms with van der Waals surface area (Å²) in [6.45, 7) is 13.9. The number of aromatic nitrogens is 3. The van der Waals surface area contributed by atoms with Gasteiger partial charge in [0, 0.05) is 57.9 Å². The van der Waals surface area contributed by atoms with Crippen molar-refractivity contribution in [3.63, 3.8) is 0 Å². The van der Waals surface area contributed by atoms with Gasteiger partial charge in [0.25, 0.3) is 11.8 Å². The minimum Gasteiger partial charge on any atom is -0.445 e. The molecule has 2 aromatic carbocycles. The molecule has 0 radical (unpaired) electrons. The Labute approximate surface area is 292 Å². The van der Waals surface area contributed by atoms with E-state index < -0.39 is 5.82 Å². The quantitative estimate of drug-likeness (QED) is 0.243. The molecular formula is C36H45ClFN7O4. The van der Waals surface area contributed by atoms with Crippen LogP contribution in [0.2, 0.25) is 5.28 Å². The van der Waals surface area contributed by atoms with E-state index in [0.29, 0.717) is 18.3 Å². The maximum atomic E-state index is 14.4. The lowest BCUT2D eigenvalue weighted by Crippen LogP contribution is -2.61. The van der Waals surface area contributed by atoms with Crippen LogP contribution >= 0.6 is 11.6 Å². The molecule has 49 heavy (non-hydrogen) atoms. The van der Waals surface area contributed by atoms with Gasteiger partial charge in [-0.1, -0.05) is 30.3 Å². The molecule has 3 aliphatic heterocycles. The van der Waals surface area contributed by atoms with Gasteiger partial charge in [-0.05, 0) is 93.7 Å². The molecule has 262 valence electrons. The first-order chi connectivity index (χ1) is 23.5. The van der Waals surface area contributed by atoms with Crippen LogP contribution < -0.4 is 9.64 Å². The first kappa shape index (κ1) is 34.8. The summed E-state index contributed by atoms with van der Waals surface area (Å²) >= 11 is 6.20. The summed E-state index contributed by atoms with van der Waals surface area (Å²) in [7, 11) is 0. The number of nitrogens with zero attached hydrogens (tertiary/aromatic N) is 7. The van der Waals surface area contributed by atoms with Gasteiger partial charge in [-0.25, -0.2) is 9.18 Å². The van der Waals surface area contributed by atoms with Gasteiger partial charge >= 0.3 is 6.09 Å². The number of halogens is 2. The van der Waals surface area contributed by atoms with E-state index in [-0.39, 0.29) is 52.0 Å². The number of hydrogen-bond acceptors (Lipinski definition) is 9. The van der Waals surface area contributed by atoms with Crippen molar-refractivity contribution in [2.45, 2.75) is 65.6 Å². The van der Waals surface area contributed by atoms with E-state index in [1.54, 1.807) is 4.90 Å². The van der Waals surface area contributed by atoms with Crippen molar-refractivity contribution in [1.29, 1.82) is 0 Å². The van der Waals surface area contributed by atoms with E-state index in [0.717, 1.165) is 70.6 Å². The summed E-state index contributed by atoms with van der Waals surface area (Å²) < 4.78 is 26.1. The molecule has 3 saturated heterocycles. The molecule has 6 rings (SSSR count). The standard InChI is InChI=1S/C36H45ClFN7O4/c1-24(2)45(25(3)4)33(46)29-18-28(38)10-11-30(29)49-32-31(39-34(37)41-40-32)44-15-12-27(20-44)19-42-22-36(23-42)13-16-43(17-14-36)35(47)48-21-26-8-6-5-7-9-26/h5-11,18,24-25,27H,12-17,19-23H2,1-4H3/t27-/m0/s1. The van der Waals surface area contributed by atoms with Crippen molar-refractivity contribution in [1.82, 2.24) is 29.9 Å². The zero-order valence-corrected chi connectivity index (χ0v) is 29.4. The molecule has 3 fully saturated rings. The van der Waals surface area contributed by atoms with E-state index in [1.165, 1.54) is 18.2 Å². The maximum Gasteiger partial charge on any atom is 0.410 e. The second-order valence-corrected chi connectivity index (χ2v) is 14.5. The van der Waals surface area contributed by atoms with Gasteiger partial charge in [0.05, 0.1) is 5.56 Å². The third kappa shape index (κ3) is 8.07. The van der Waals surface area contributed by atoms with Crippen LogP contribution in [0.1, 0.15) is 62.9 Å². The van der Waals surface area contributed by atoms with Crippen molar-refractivity contribution in [3.8, 4) is 11.6 Å². The lowest BCUT2D eigenvalue weighted by molar-refractivity contribution is -0.0505. The van der Waals surface area contributed by atoms with Crippen LogP contribution in [0.3, 0.4) is 0 Å². The summed E-state index contributed by atoms with van der Waals surface area (Å²) in [6.07, 6.45) is 2.68. The smallest absolute Gasteiger partial charge is 0.410 e. The van der Waals surface area contributed by atoms with Crippen LogP contribution in [0, 0.1) is 17.2 Å². The van der Waals surface area contributed by atoms with Crippen molar-refractivity contribution in [2.75, 3.05) is 50.7 Å². The SMILES string of the molecule is CC(C)N(C(=O)c1cc(F)ccc1Oc1nnc(Cl)nc1N1CC[C@@H](CN2CC3(CCN(C(=O)OCc4ccccc4)CC3)C2)C1)C(C)C. The zero-order chi connectivity index (χ0) is 34.7. The van der Waals surface area contributed by atoms with Crippen molar-refractivity contribution >= 4 is 29.4 Å². The molecule has 0 unspecified atom stereocenters. The molecule has 0 aliphatic carbocycles. The summed E-state index contributed by atoms with van der Waals surface area (Å²) in [5.41, 5.74) is 1.34. The van der Waals surface area contributed by atoms with Gasteiger partial charge < -0.3 is 29.1 Å². The van der Waals surface area contributed by atoms with E-state index in [2.05, 4.69) is 25.0 Å². The van der Waals surface area contributed by atoms with E-state index in [4.69, 9.17) is 21.1 Å². The minimum absolute atomic E-state index is 0.00743. The Morgan fingerprint density at radius 1 is 1.02 bits per heavy atom. The fourth-order valence-corrected chi connectivity index (χ4v) is 7.61. The maximum absolute atomic E-state index is 14.4. The Bertz CT molecular complexity index is 1620. The summed E-state index contributed by atoms with van der Waals surface area (Å²) in [5, 5.41) is 8.10. The summed E-state index contributed by atoms with van der Waals surface area (Å²) in [6, 6.07) is 13.4. The molecule has 13 heteroatoms. The van der Waals surface area contributed by atoms with Gasteiger partial charge in [-0.2, -0.15) is 4.98 Å². The van der Waals surface area contributed by atoms with E-state index in [1.807, 2.05) is 62.9 Å². The Kier molecular flexibility index (Phi) is 10.5. The zero-order valence-electron chi connectivity index (χ0n) is 28.6. The molecule has 0 N–H and O–H groups in total. The number of benzene rings is 2. The van der Waals surface area contributed by atoms with E-state index >= 15 is 0 Å². The Morgan fingerprint density at radius 2 is 1.73 bits per heavy atom. The Morgan fingerprint density at radius 3 is 2.43 bits per heavy atom. The highest BCUT2D eigenvalue weighted by atomic mass is 35.5. The first-order valence-corrected chi connectivity index (χ1v) is 17.5. The molecule has 2 amide bonds. The number of ether oxygens (including phenoxy) is 2. The molecule has 1 aromatic heterocycles. The molecule has 3 aliphatic rings. The predicted octanol–water partition coefficient (Wildman–Crippen LogP) is 6.28. The average molecular weight is 694 g/mol. The van der Waals surface area contributed by atoms with E-state index in [9.17, 15) is 14.0 Å². The van der Waals surface area contributed by atoms with Crippen molar-refractivity contribution in [3.05, 3.63) is 70.8 Å². The highest BCUT2D eigenvalue weighted by Crippen LogP contribution is 2.42. The predicted molar refractivity (Wildman–Crippen MR) is 184 cm³/mol. The monoisotopic (exact) mass is 693 g/mol. The number of carbonyl (C=O) groups is 2. The fraction of sp³-hybridized carbons (Fsp3) is 0.528. The third-order valence-corrected chi connectivity index (χ3v) is 10.0. The molecule has 1 atom stereocenters. The number of rotatable bonds is 10. The van der Waals surface area contributed by atoms with Gasteiger partial charge in [-0.15, -0.1) is 10.2 Å².